The van der Waals surface area contributed by atoms with Gasteiger partial charge in [0.2, 0.25) is 6.10 Å². The highest BCUT2D eigenvalue weighted by atomic mass is 32.1. The maximum absolute atomic E-state index is 13.0. The van der Waals surface area contributed by atoms with Crippen molar-refractivity contribution in [1.29, 1.82) is 0 Å². The van der Waals surface area contributed by atoms with Gasteiger partial charge >= 0.3 is 5.97 Å². The summed E-state index contributed by atoms with van der Waals surface area (Å²) >= 11 is 1.28. The van der Waals surface area contributed by atoms with E-state index in [-0.39, 0.29) is 13.2 Å². The van der Waals surface area contributed by atoms with Crippen LogP contribution >= 0.6 is 11.3 Å². The smallest absolute Gasteiger partial charge is 0.326 e. The Morgan fingerprint density at radius 3 is 2.61 bits per heavy atom. The molecular weight excluding hydrogens is 420 g/mol. The molecule has 0 saturated heterocycles. The van der Waals surface area contributed by atoms with Crippen molar-refractivity contribution in [3.05, 3.63) is 47.3 Å². The number of ether oxygens (including phenoxy) is 4. The molecular formula is C22H22N2O6S. The van der Waals surface area contributed by atoms with Gasteiger partial charge in [0.1, 0.15) is 18.4 Å². The molecule has 2 aromatic carbocycles. The van der Waals surface area contributed by atoms with E-state index in [0.29, 0.717) is 22.0 Å². The fraction of sp³-hybridized carbons (Fsp3) is 0.318. The minimum absolute atomic E-state index is 0.0628. The molecule has 4 rings (SSSR count). The van der Waals surface area contributed by atoms with Gasteiger partial charge in [0.15, 0.2) is 16.3 Å². The number of methoxy groups -OCH3 is 1. The molecule has 1 aromatic heterocycles. The van der Waals surface area contributed by atoms with Crippen molar-refractivity contribution < 1.29 is 28.5 Å². The summed E-state index contributed by atoms with van der Waals surface area (Å²) in [5.41, 5.74) is 0.754. The van der Waals surface area contributed by atoms with Gasteiger partial charge in [-0.1, -0.05) is 23.5 Å². The van der Waals surface area contributed by atoms with E-state index in [1.165, 1.54) is 11.3 Å². The number of carbonyl (C=O) groups excluding carboxylic acids is 2. The highest BCUT2D eigenvalue weighted by molar-refractivity contribution is 7.16. The molecule has 0 N–H and O–H groups in total. The molecule has 0 bridgehead atoms. The molecule has 31 heavy (non-hydrogen) atoms. The number of benzene rings is 2. The van der Waals surface area contributed by atoms with Gasteiger partial charge in [-0.2, -0.15) is 4.99 Å². The van der Waals surface area contributed by atoms with Crippen LogP contribution in [0.15, 0.2) is 47.5 Å². The van der Waals surface area contributed by atoms with Gasteiger partial charge < -0.3 is 23.5 Å². The molecule has 162 valence electrons. The van der Waals surface area contributed by atoms with Crippen LogP contribution in [0.5, 0.6) is 17.2 Å². The summed E-state index contributed by atoms with van der Waals surface area (Å²) < 4.78 is 24.6. The Kier molecular flexibility index (Phi) is 5.94. The van der Waals surface area contributed by atoms with Gasteiger partial charge in [0, 0.05) is 0 Å². The number of rotatable bonds is 5. The number of para-hydroxylation sites is 2. The number of hydrogen-bond acceptors (Lipinski definition) is 7. The van der Waals surface area contributed by atoms with Gasteiger partial charge in [-0.05, 0) is 44.2 Å². The fourth-order valence-electron chi connectivity index (χ4n) is 3.30. The summed E-state index contributed by atoms with van der Waals surface area (Å²) in [5, 5.41) is 0. The van der Waals surface area contributed by atoms with E-state index in [2.05, 4.69) is 4.99 Å². The molecule has 0 spiro atoms. The highest BCUT2D eigenvalue weighted by Crippen LogP contribution is 2.33. The van der Waals surface area contributed by atoms with Gasteiger partial charge in [-0.25, -0.2) is 0 Å². The maximum atomic E-state index is 13.0. The number of esters is 1. The number of thiazole rings is 1. The molecule has 1 aliphatic rings. The summed E-state index contributed by atoms with van der Waals surface area (Å²) in [4.78, 5) is 29.9. The van der Waals surface area contributed by atoms with E-state index >= 15 is 0 Å². The van der Waals surface area contributed by atoms with Crippen molar-refractivity contribution in [2.75, 3.05) is 13.7 Å². The zero-order valence-corrected chi connectivity index (χ0v) is 18.2. The fourth-order valence-corrected chi connectivity index (χ4v) is 4.37. The standard InChI is InChI=1S/C22H22N2O6S/c1-4-28-19(25)12-24-15-10-9-14(27-3)11-18(15)31-22(24)23-21(26)20-13(2)29-16-7-5-6-8-17(16)30-20/h5-11,13,20H,4,12H2,1-3H3. The zero-order chi connectivity index (χ0) is 22.0. The lowest BCUT2D eigenvalue weighted by atomic mass is 10.1. The first-order chi connectivity index (χ1) is 15.0. The number of carbonyl (C=O) groups is 2. The Labute approximate surface area is 182 Å². The van der Waals surface area contributed by atoms with Crippen molar-refractivity contribution in [1.82, 2.24) is 4.57 Å². The predicted molar refractivity (Wildman–Crippen MR) is 115 cm³/mol. The van der Waals surface area contributed by atoms with E-state index in [1.54, 1.807) is 43.7 Å². The van der Waals surface area contributed by atoms with Gasteiger partial charge in [0.25, 0.3) is 5.91 Å². The van der Waals surface area contributed by atoms with Gasteiger partial charge in [-0.15, -0.1) is 0 Å². The summed E-state index contributed by atoms with van der Waals surface area (Å²) in [6, 6.07) is 12.6. The average Bonchev–Trinajstić information content (AvgIpc) is 3.09. The number of amides is 1. The summed E-state index contributed by atoms with van der Waals surface area (Å²) in [7, 11) is 1.58. The maximum Gasteiger partial charge on any atom is 0.326 e. The van der Waals surface area contributed by atoms with E-state index in [4.69, 9.17) is 18.9 Å². The lowest BCUT2D eigenvalue weighted by molar-refractivity contribution is -0.143. The second kappa shape index (κ2) is 8.81. The third-order valence-electron chi connectivity index (χ3n) is 4.77. The Balaban J connectivity index is 1.73. The van der Waals surface area contributed by atoms with Crippen molar-refractivity contribution in [3.8, 4) is 17.2 Å². The Morgan fingerprint density at radius 1 is 1.16 bits per heavy atom. The average molecular weight is 442 g/mol. The van der Waals surface area contributed by atoms with E-state index in [0.717, 1.165) is 10.2 Å². The summed E-state index contributed by atoms with van der Waals surface area (Å²) in [6.45, 7) is 3.71. The molecule has 2 unspecified atom stereocenters. The second-order valence-electron chi connectivity index (χ2n) is 6.87. The third kappa shape index (κ3) is 4.27. The van der Waals surface area contributed by atoms with E-state index < -0.39 is 24.1 Å². The highest BCUT2D eigenvalue weighted by Gasteiger charge is 2.34. The van der Waals surface area contributed by atoms with Crippen LogP contribution in [0, 0.1) is 0 Å². The normalized spacial score (nSPS) is 18.1. The quantitative estimate of drug-likeness (QED) is 0.565. The van der Waals surface area contributed by atoms with Crippen LogP contribution < -0.4 is 19.0 Å². The van der Waals surface area contributed by atoms with Gasteiger partial charge in [0.05, 0.1) is 23.9 Å². The Hall–Kier alpha value is -3.33. The van der Waals surface area contributed by atoms with Gasteiger partial charge in [-0.3, -0.25) is 9.59 Å². The molecule has 2 atom stereocenters. The molecule has 0 radical (unpaired) electrons. The molecule has 0 saturated carbocycles. The molecule has 8 nitrogen and oxygen atoms in total. The van der Waals surface area contributed by atoms with Crippen LogP contribution in [0.1, 0.15) is 13.8 Å². The third-order valence-corrected chi connectivity index (χ3v) is 5.82. The zero-order valence-electron chi connectivity index (χ0n) is 17.4. The lowest BCUT2D eigenvalue weighted by Crippen LogP contribution is -2.43. The SMILES string of the molecule is CCOC(=O)Cn1c(=NC(=O)C2Oc3ccccc3OC2C)sc2cc(OC)ccc21. The lowest BCUT2D eigenvalue weighted by Gasteiger charge is -2.29. The molecule has 1 amide bonds. The van der Waals surface area contributed by atoms with Crippen molar-refractivity contribution in [3.63, 3.8) is 0 Å². The second-order valence-corrected chi connectivity index (χ2v) is 7.88. The first kappa shape index (κ1) is 20.9. The van der Waals surface area contributed by atoms with Crippen LogP contribution in [0.2, 0.25) is 0 Å². The van der Waals surface area contributed by atoms with Crippen LogP contribution in [0.4, 0.5) is 0 Å². The van der Waals surface area contributed by atoms with Crippen LogP contribution in [-0.4, -0.2) is 42.4 Å². The Bertz CT molecular complexity index is 1200. The Morgan fingerprint density at radius 2 is 1.90 bits per heavy atom. The topological polar surface area (TPSA) is 88.4 Å². The monoisotopic (exact) mass is 442 g/mol. The number of hydrogen-bond donors (Lipinski definition) is 0. The number of aromatic nitrogens is 1. The summed E-state index contributed by atoms with van der Waals surface area (Å²) in [5.74, 6) is 0.855. The van der Waals surface area contributed by atoms with Crippen molar-refractivity contribution in [2.24, 2.45) is 4.99 Å². The first-order valence-electron chi connectivity index (χ1n) is 9.84. The molecule has 2 heterocycles. The molecule has 0 aliphatic carbocycles. The molecule has 3 aromatic rings. The van der Waals surface area contributed by atoms with Crippen molar-refractivity contribution in [2.45, 2.75) is 32.6 Å². The first-order valence-corrected chi connectivity index (χ1v) is 10.7. The number of nitrogens with zero attached hydrogens (tertiary/aromatic N) is 2. The van der Waals surface area contributed by atoms with E-state index in [1.807, 2.05) is 24.3 Å². The largest absolute Gasteiger partial charge is 0.497 e. The minimum Gasteiger partial charge on any atom is -0.497 e. The molecule has 9 heteroatoms. The van der Waals surface area contributed by atoms with Crippen LogP contribution in [0.25, 0.3) is 10.2 Å². The van der Waals surface area contributed by atoms with E-state index in [9.17, 15) is 9.59 Å². The number of fused-ring (bicyclic) bond motifs is 2. The minimum atomic E-state index is -0.898. The van der Waals surface area contributed by atoms with Crippen LogP contribution in [-0.2, 0) is 20.9 Å². The summed E-state index contributed by atoms with van der Waals surface area (Å²) in [6.07, 6.45) is -1.41. The van der Waals surface area contributed by atoms with Crippen molar-refractivity contribution >= 4 is 33.4 Å². The molecule has 0 fully saturated rings. The molecule has 1 aliphatic heterocycles. The van der Waals surface area contributed by atoms with Crippen LogP contribution in [0.3, 0.4) is 0 Å². The predicted octanol–water partition coefficient (Wildman–Crippen LogP) is 2.93.